The Bertz CT molecular complexity index is 670. The summed E-state index contributed by atoms with van der Waals surface area (Å²) in [6.45, 7) is 2.32. The summed E-state index contributed by atoms with van der Waals surface area (Å²) < 4.78 is 5.41. The third-order valence-corrected chi connectivity index (χ3v) is 2.75. The summed E-state index contributed by atoms with van der Waals surface area (Å²) in [6.07, 6.45) is 0. The average Bonchev–Trinajstić information content (AvgIpc) is 2.49. The molecule has 21 heavy (non-hydrogen) atoms. The molecule has 0 saturated carbocycles. The van der Waals surface area contributed by atoms with Crippen molar-refractivity contribution in [1.82, 2.24) is 0 Å². The second kappa shape index (κ2) is 6.51. The third kappa shape index (κ3) is 3.56. The highest BCUT2D eigenvalue weighted by molar-refractivity contribution is 6.05. The monoisotopic (exact) mass is 286 g/mol. The SMILES string of the molecule is CCOc1ccccc1NC(=O)c1cccc([N+](=O)[O-])c1. The molecule has 0 atom stereocenters. The number of nitro benzene ring substituents is 1. The summed E-state index contributed by atoms with van der Waals surface area (Å²) in [7, 11) is 0. The fraction of sp³-hybridized carbons (Fsp3) is 0.133. The fourth-order valence-corrected chi connectivity index (χ4v) is 1.81. The summed E-state index contributed by atoms with van der Waals surface area (Å²) >= 11 is 0. The van der Waals surface area contributed by atoms with E-state index in [9.17, 15) is 14.9 Å². The Kier molecular flexibility index (Phi) is 4.50. The van der Waals surface area contributed by atoms with Crippen LogP contribution in [0.2, 0.25) is 0 Å². The lowest BCUT2D eigenvalue weighted by atomic mass is 10.2. The van der Waals surface area contributed by atoms with Crippen molar-refractivity contribution in [1.29, 1.82) is 0 Å². The zero-order chi connectivity index (χ0) is 15.2. The number of carbonyl (C=O) groups excluding carboxylic acids is 1. The van der Waals surface area contributed by atoms with E-state index in [4.69, 9.17) is 4.74 Å². The molecule has 0 saturated heterocycles. The summed E-state index contributed by atoms with van der Waals surface area (Å²) in [5.41, 5.74) is 0.618. The molecule has 2 aromatic carbocycles. The molecule has 0 spiro atoms. The van der Waals surface area contributed by atoms with Gasteiger partial charge in [-0.05, 0) is 25.1 Å². The van der Waals surface area contributed by atoms with Crippen LogP contribution in [0, 0.1) is 10.1 Å². The van der Waals surface area contributed by atoms with E-state index in [0.717, 1.165) is 0 Å². The molecule has 0 bridgehead atoms. The molecule has 108 valence electrons. The number of non-ortho nitro benzene ring substituents is 1. The van der Waals surface area contributed by atoms with E-state index in [-0.39, 0.29) is 11.3 Å². The van der Waals surface area contributed by atoms with Gasteiger partial charge in [-0.3, -0.25) is 14.9 Å². The van der Waals surface area contributed by atoms with E-state index in [0.29, 0.717) is 18.0 Å². The smallest absolute Gasteiger partial charge is 0.270 e. The minimum Gasteiger partial charge on any atom is -0.492 e. The maximum Gasteiger partial charge on any atom is 0.270 e. The number of hydrogen-bond acceptors (Lipinski definition) is 4. The summed E-state index contributed by atoms with van der Waals surface area (Å²) in [5.74, 6) is 0.129. The van der Waals surface area contributed by atoms with Crippen molar-refractivity contribution in [3.05, 3.63) is 64.2 Å². The predicted molar refractivity (Wildman–Crippen MR) is 78.7 cm³/mol. The Hall–Kier alpha value is -2.89. The molecule has 0 unspecified atom stereocenters. The third-order valence-electron chi connectivity index (χ3n) is 2.75. The summed E-state index contributed by atoms with van der Waals surface area (Å²) in [6, 6.07) is 12.6. The first kappa shape index (κ1) is 14.5. The van der Waals surface area contributed by atoms with Crippen LogP contribution in [0.1, 0.15) is 17.3 Å². The van der Waals surface area contributed by atoms with Gasteiger partial charge in [0.1, 0.15) is 5.75 Å². The first-order valence-electron chi connectivity index (χ1n) is 6.39. The first-order chi connectivity index (χ1) is 10.1. The Labute approximate surface area is 121 Å². The molecule has 2 rings (SSSR count). The number of ether oxygens (including phenoxy) is 1. The molecule has 0 aromatic heterocycles. The van der Waals surface area contributed by atoms with E-state index in [1.54, 1.807) is 24.3 Å². The zero-order valence-corrected chi connectivity index (χ0v) is 11.4. The first-order valence-corrected chi connectivity index (χ1v) is 6.39. The number of nitrogens with one attached hydrogen (secondary N) is 1. The van der Waals surface area contributed by atoms with Crippen molar-refractivity contribution in [3.63, 3.8) is 0 Å². The highest BCUT2D eigenvalue weighted by Crippen LogP contribution is 2.24. The zero-order valence-electron chi connectivity index (χ0n) is 11.4. The molecule has 0 aliphatic carbocycles. The number of amides is 1. The standard InChI is InChI=1S/C15H14N2O4/c1-2-21-14-9-4-3-8-13(14)16-15(18)11-6-5-7-12(10-11)17(19)20/h3-10H,2H2,1H3,(H,16,18). The second-order valence-corrected chi connectivity index (χ2v) is 4.19. The van der Waals surface area contributed by atoms with Gasteiger partial charge in [-0.15, -0.1) is 0 Å². The lowest BCUT2D eigenvalue weighted by molar-refractivity contribution is -0.384. The predicted octanol–water partition coefficient (Wildman–Crippen LogP) is 3.25. The number of para-hydroxylation sites is 2. The topological polar surface area (TPSA) is 81.5 Å². The van der Waals surface area contributed by atoms with Gasteiger partial charge in [0.2, 0.25) is 0 Å². The summed E-state index contributed by atoms with van der Waals surface area (Å²) in [5, 5.41) is 13.4. The molecule has 0 aliphatic rings. The van der Waals surface area contributed by atoms with Crippen LogP contribution >= 0.6 is 0 Å². The van der Waals surface area contributed by atoms with E-state index >= 15 is 0 Å². The lowest BCUT2D eigenvalue weighted by Gasteiger charge is -2.11. The molecular weight excluding hydrogens is 272 g/mol. The molecule has 0 heterocycles. The highest BCUT2D eigenvalue weighted by atomic mass is 16.6. The number of nitro groups is 1. The average molecular weight is 286 g/mol. The molecule has 6 nitrogen and oxygen atoms in total. The Morgan fingerprint density at radius 3 is 2.71 bits per heavy atom. The molecule has 0 radical (unpaired) electrons. The van der Waals surface area contributed by atoms with Gasteiger partial charge in [0.25, 0.3) is 11.6 Å². The van der Waals surface area contributed by atoms with Crippen molar-refractivity contribution >= 4 is 17.3 Å². The Morgan fingerprint density at radius 1 is 1.24 bits per heavy atom. The number of anilines is 1. The van der Waals surface area contributed by atoms with E-state index < -0.39 is 10.8 Å². The quantitative estimate of drug-likeness (QED) is 0.675. The van der Waals surface area contributed by atoms with Crippen molar-refractivity contribution in [2.45, 2.75) is 6.92 Å². The molecule has 0 fully saturated rings. The van der Waals surface area contributed by atoms with Gasteiger partial charge in [-0.1, -0.05) is 18.2 Å². The number of nitrogens with zero attached hydrogens (tertiary/aromatic N) is 1. The molecule has 0 aliphatic heterocycles. The lowest BCUT2D eigenvalue weighted by Crippen LogP contribution is -2.13. The summed E-state index contributed by atoms with van der Waals surface area (Å²) in [4.78, 5) is 22.3. The van der Waals surface area contributed by atoms with Gasteiger partial charge in [0.15, 0.2) is 0 Å². The van der Waals surface area contributed by atoms with Crippen LogP contribution in [-0.2, 0) is 0 Å². The second-order valence-electron chi connectivity index (χ2n) is 4.19. The fourth-order valence-electron chi connectivity index (χ4n) is 1.81. The maximum absolute atomic E-state index is 12.2. The van der Waals surface area contributed by atoms with Crippen LogP contribution in [0.15, 0.2) is 48.5 Å². The van der Waals surface area contributed by atoms with Crippen molar-refractivity contribution in [2.24, 2.45) is 0 Å². The van der Waals surface area contributed by atoms with Gasteiger partial charge in [-0.25, -0.2) is 0 Å². The van der Waals surface area contributed by atoms with Gasteiger partial charge in [0, 0.05) is 17.7 Å². The molecule has 6 heteroatoms. The minimum atomic E-state index is -0.537. The van der Waals surface area contributed by atoms with Crippen LogP contribution in [0.4, 0.5) is 11.4 Å². The van der Waals surface area contributed by atoms with Crippen molar-refractivity contribution in [2.75, 3.05) is 11.9 Å². The highest BCUT2D eigenvalue weighted by Gasteiger charge is 2.13. The number of rotatable bonds is 5. The van der Waals surface area contributed by atoms with Gasteiger partial charge >= 0.3 is 0 Å². The number of hydrogen-bond donors (Lipinski definition) is 1. The largest absolute Gasteiger partial charge is 0.492 e. The number of benzene rings is 2. The van der Waals surface area contributed by atoms with Crippen LogP contribution in [0.25, 0.3) is 0 Å². The van der Waals surface area contributed by atoms with Gasteiger partial charge < -0.3 is 10.1 Å². The normalized spacial score (nSPS) is 9.95. The van der Waals surface area contributed by atoms with Crippen LogP contribution in [-0.4, -0.2) is 17.4 Å². The van der Waals surface area contributed by atoms with E-state index in [2.05, 4.69) is 5.32 Å². The Balaban J connectivity index is 2.22. The van der Waals surface area contributed by atoms with Crippen LogP contribution < -0.4 is 10.1 Å². The molecule has 1 amide bonds. The van der Waals surface area contributed by atoms with E-state index in [1.165, 1.54) is 24.3 Å². The molecule has 2 aromatic rings. The van der Waals surface area contributed by atoms with Crippen LogP contribution in [0.3, 0.4) is 0 Å². The molecule has 1 N–H and O–H groups in total. The van der Waals surface area contributed by atoms with Gasteiger partial charge in [0.05, 0.1) is 17.2 Å². The number of carbonyl (C=O) groups is 1. The van der Waals surface area contributed by atoms with Crippen molar-refractivity contribution < 1.29 is 14.5 Å². The van der Waals surface area contributed by atoms with Crippen LogP contribution in [0.5, 0.6) is 5.75 Å². The van der Waals surface area contributed by atoms with E-state index in [1.807, 2.05) is 6.92 Å². The van der Waals surface area contributed by atoms with Gasteiger partial charge in [-0.2, -0.15) is 0 Å². The van der Waals surface area contributed by atoms with Crippen molar-refractivity contribution in [3.8, 4) is 5.75 Å². The Morgan fingerprint density at radius 2 is 2.00 bits per heavy atom. The maximum atomic E-state index is 12.2. The molecular formula is C15H14N2O4. The minimum absolute atomic E-state index is 0.124.